The normalized spacial score (nSPS) is 18.5. The van der Waals surface area contributed by atoms with E-state index in [-0.39, 0.29) is 11.8 Å². The quantitative estimate of drug-likeness (QED) is 0.811. The van der Waals surface area contributed by atoms with Crippen LogP contribution in [0.15, 0.2) is 54.6 Å². The Morgan fingerprint density at radius 3 is 2.32 bits per heavy atom. The highest BCUT2D eigenvalue weighted by atomic mass is 19.1. The molecule has 5 nitrogen and oxygen atoms in total. The molecule has 1 aliphatic carbocycles. The zero-order chi connectivity index (χ0) is 19.6. The maximum absolute atomic E-state index is 13.3. The topological polar surface area (TPSA) is 52.7 Å². The predicted molar refractivity (Wildman–Crippen MR) is 105 cm³/mol. The van der Waals surface area contributed by atoms with Crippen LogP contribution in [0.1, 0.15) is 18.4 Å². The molecular weight excluding hydrogens is 357 g/mol. The maximum atomic E-state index is 13.3. The van der Waals surface area contributed by atoms with Crippen LogP contribution in [0.2, 0.25) is 0 Å². The Balaban J connectivity index is 1.33. The molecule has 2 aliphatic rings. The lowest BCUT2D eigenvalue weighted by molar-refractivity contribution is -0.143. The lowest BCUT2D eigenvalue weighted by atomic mass is 10.0. The SMILES string of the molecule is O=C(Nc1cccc(F)c1)C1(C(=O)N2CCN(Cc3ccccc3)CC2)CC1. The second kappa shape index (κ2) is 7.72. The van der Waals surface area contributed by atoms with Crippen molar-refractivity contribution >= 4 is 17.5 Å². The third-order valence-electron chi connectivity index (χ3n) is 5.59. The highest BCUT2D eigenvalue weighted by Gasteiger charge is 2.58. The van der Waals surface area contributed by atoms with E-state index in [4.69, 9.17) is 0 Å². The van der Waals surface area contributed by atoms with Crippen LogP contribution in [0, 0.1) is 11.2 Å². The number of rotatable bonds is 5. The van der Waals surface area contributed by atoms with Crippen molar-refractivity contribution in [2.75, 3.05) is 31.5 Å². The summed E-state index contributed by atoms with van der Waals surface area (Å²) in [6.07, 6.45) is 1.11. The van der Waals surface area contributed by atoms with Crippen LogP contribution in [-0.2, 0) is 16.1 Å². The van der Waals surface area contributed by atoms with E-state index in [0.29, 0.717) is 31.6 Å². The Morgan fingerprint density at radius 1 is 0.964 bits per heavy atom. The number of amides is 2. The summed E-state index contributed by atoms with van der Waals surface area (Å²) < 4.78 is 13.3. The van der Waals surface area contributed by atoms with Gasteiger partial charge in [0.15, 0.2) is 0 Å². The van der Waals surface area contributed by atoms with Crippen molar-refractivity contribution in [2.45, 2.75) is 19.4 Å². The van der Waals surface area contributed by atoms with Crippen LogP contribution >= 0.6 is 0 Å². The van der Waals surface area contributed by atoms with E-state index >= 15 is 0 Å². The number of carbonyl (C=O) groups is 2. The molecule has 1 aliphatic heterocycles. The van der Waals surface area contributed by atoms with Crippen LogP contribution in [0.25, 0.3) is 0 Å². The lowest BCUT2D eigenvalue weighted by Gasteiger charge is -2.36. The zero-order valence-electron chi connectivity index (χ0n) is 15.7. The van der Waals surface area contributed by atoms with Crippen LogP contribution in [0.4, 0.5) is 10.1 Å². The number of nitrogens with zero attached hydrogens (tertiary/aromatic N) is 2. The minimum Gasteiger partial charge on any atom is -0.339 e. The number of anilines is 1. The number of halogens is 1. The first kappa shape index (κ1) is 18.6. The van der Waals surface area contributed by atoms with Crippen molar-refractivity contribution in [3.8, 4) is 0 Å². The lowest BCUT2D eigenvalue weighted by Crippen LogP contribution is -2.52. The summed E-state index contributed by atoms with van der Waals surface area (Å²) >= 11 is 0. The summed E-state index contributed by atoms with van der Waals surface area (Å²) in [4.78, 5) is 29.9. The molecule has 0 radical (unpaired) electrons. The van der Waals surface area contributed by atoms with Gasteiger partial charge in [-0.1, -0.05) is 36.4 Å². The van der Waals surface area contributed by atoms with E-state index in [1.807, 2.05) is 18.2 Å². The number of benzene rings is 2. The zero-order valence-corrected chi connectivity index (χ0v) is 15.7. The molecule has 1 saturated carbocycles. The molecule has 1 saturated heterocycles. The fraction of sp³-hybridized carbons (Fsp3) is 0.364. The molecule has 0 bridgehead atoms. The summed E-state index contributed by atoms with van der Waals surface area (Å²) in [5, 5.41) is 2.71. The highest BCUT2D eigenvalue weighted by molar-refractivity contribution is 6.13. The molecule has 1 N–H and O–H groups in total. The minimum atomic E-state index is -0.978. The van der Waals surface area contributed by atoms with Gasteiger partial charge in [-0.05, 0) is 36.6 Å². The highest BCUT2D eigenvalue weighted by Crippen LogP contribution is 2.48. The van der Waals surface area contributed by atoms with Crippen molar-refractivity contribution in [1.82, 2.24) is 9.80 Å². The molecule has 4 rings (SSSR count). The summed E-state index contributed by atoms with van der Waals surface area (Å²) in [5.41, 5.74) is 0.667. The van der Waals surface area contributed by atoms with Crippen molar-refractivity contribution in [2.24, 2.45) is 5.41 Å². The fourth-order valence-corrected chi connectivity index (χ4v) is 3.73. The third-order valence-corrected chi connectivity index (χ3v) is 5.59. The average Bonchev–Trinajstić information content (AvgIpc) is 3.51. The van der Waals surface area contributed by atoms with Gasteiger partial charge in [-0.15, -0.1) is 0 Å². The average molecular weight is 381 g/mol. The van der Waals surface area contributed by atoms with Gasteiger partial charge in [-0.3, -0.25) is 14.5 Å². The summed E-state index contributed by atoms with van der Waals surface area (Å²) in [6, 6.07) is 16.0. The van der Waals surface area contributed by atoms with Crippen molar-refractivity contribution in [1.29, 1.82) is 0 Å². The first-order valence-corrected chi connectivity index (χ1v) is 9.69. The standard InChI is InChI=1S/C22H24FN3O2/c23-18-7-4-8-19(15-18)24-20(27)22(9-10-22)21(28)26-13-11-25(12-14-26)16-17-5-2-1-3-6-17/h1-8,15H,9-14,16H2,(H,24,27). The Kier molecular flexibility index (Phi) is 5.13. The summed E-state index contributed by atoms with van der Waals surface area (Å²) in [5.74, 6) is -0.834. The predicted octanol–water partition coefficient (Wildman–Crippen LogP) is 2.89. The first-order valence-electron chi connectivity index (χ1n) is 9.69. The van der Waals surface area contributed by atoms with Gasteiger partial charge in [0.05, 0.1) is 0 Å². The maximum Gasteiger partial charge on any atom is 0.240 e. The number of hydrogen-bond acceptors (Lipinski definition) is 3. The molecule has 146 valence electrons. The summed E-state index contributed by atoms with van der Waals surface area (Å²) in [6.45, 7) is 3.71. The van der Waals surface area contributed by atoms with E-state index in [1.54, 1.807) is 11.0 Å². The van der Waals surface area contributed by atoms with E-state index in [1.165, 1.54) is 23.8 Å². The van der Waals surface area contributed by atoms with Crippen LogP contribution in [-0.4, -0.2) is 47.8 Å². The molecule has 0 aromatic heterocycles. The second-order valence-corrected chi connectivity index (χ2v) is 7.60. The second-order valence-electron chi connectivity index (χ2n) is 7.60. The number of nitrogens with one attached hydrogen (secondary N) is 1. The van der Waals surface area contributed by atoms with Gasteiger partial charge >= 0.3 is 0 Å². The number of piperazine rings is 1. The Bertz CT molecular complexity index is 859. The first-order chi connectivity index (χ1) is 13.6. The number of carbonyl (C=O) groups excluding carboxylic acids is 2. The smallest absolute Gasteiger partial charge is 0.240 e. The molecule has 1 heterocycles. The molecule has 0 unspecified atom stereocenters. The van der Waals surface area contributed by atoms with Gasteiger partial charge in [0.25, 0.3) is 0 Å². The van der Waals surface area contributed by atoms with E-state index in [0.717, 1.165) is 19.6 Å². The molecule has 6 heteroatoms. The molecule has 2 fully saturated rings. The molecule has 0 atom stereocenters. The Morgan fingerprint density at radius 2 is 1.68 bits per heavy atom. The van der Waals surface area contributed by atoms with Gasteiger partial charge in [0, 0.05) is 38.4 Å². The molecule has 2 aromatic carbocycles. The van der Waals surface area contributed by atoms with E-state index in [9.17, 15) is 14.0 Å². The minimum absolute atomic E-state index is 0.0965. The van der Waals surface area contributed by atoms with E-state index in [2.05, 4.69) is 22.3 Å². The fourth-order valence-electron chi connectivity index (χ4n) is 3.73. The Labute approximate surface area is 164 Å². The summed E-state index contributed by atoms with van der Waals surface area (Å²) in [7, 11) is 0. The molecular formula is C22H24FN3O2. The van der Waals surface area contributed by atoms with Crippen molar-refractivity contribution in [3.05, 3.63) is 66.0 Å². The number of hydrogen-bond donors (Lipinski definition) is 1. The van der Waals surface area contributed by atoms with Gasteiger partial charge in [0.2, 0.25) is 11.8 Å². The third kappa shape index (κ3) is 3.92. The van der Waals surface area contributed by atoms with Crippen molar-refractivity contribution < 1.29 is 14.0 Å². The van der Waals surface area contributed by atoms with Gasteiger partial charge < -0.3 is 10.2 Å². The van der Waals surface area contributed by atoms with Gasteiger partial charge in [0.1, 0.15) is 11.2 Å². The largest absolute Gasteiger partial charge is 0.339 e. The van der Waals surface area contributed by atoms with Crippen LogP contribution in [0.3, 0.4) is 0 Å². The van der Waals surface area contributed by atoms with Gasteiger partial charge in [-0.25, -0.2) is 4.39 Å². The molecule has 0 spiro atoms. The monoisotopic (exact) mass is 381 g/mol. The van der Waals surface area contributed by atoms with E-state index < -0.39 is 11.2 Å². The van der Waals surface area contributed by atoms with Gasteiger partial charge in [-0.2, -0.15) is 0 Å². The molecule has 2 amide bonds. The Hall–Kier alpha value is -2.73. The molecule has 28 heavy (non-hydrogen) atoms. The van der Waals surface area contributed by atoms with Crippen LogP contribution in [0.5, 0.6) is 0 Å². The van der Waals surface area contributed by atoms with Crippen LogP contribution < -0.4 is 5.32 Å². The van der Waals surface area contributed by atoms with Crippen molar-refractivity contribution in [3.63, 3.8) is 0 Å². The molecule has 2 aromatic rings.